The minimum atomic E-state index is -0.503. The lowest BCUT2D eigenvalue weighted by Gasteiger charge is -2.26. The third-order valence-corrected chi connectivity index (χ3v) is 3.94. The Bertz CT molecular complexity index is 448. The summed E-state index contributed by atoms with van der Waals surface area (Å²) >= 11 is 0. The van der Waals surface area contributed by atoms with E-state index in [1.54, 1.807) is 0 Å². The Hall–Kier alpha value is -1.35. The Labute approximate surface area is 116 Å². The third-order valence-electron chi connectivity index (χ3n) is 3.94. The molecule has 1 aromatic carbocycles. The summed E-state index contributed by atoms with van der Waals surface area (Å²) in [7, 11) is 0. The summed E-state index contributed by atoms with van der Waals surface area (Å²) in [6.07, 6.45) is 0.734. The highest BCUT2D eigenvalue weighted by atomic mass is 16.2. The van der Waals surface area contributed by atoms with Crippen LogP contribution in [0.25, 0.3) is 0 Å². The quantitative estimate of drug-likeness (QED) is 0.854. The van der Waals surface area contributed by atoms with Crippen LogP contribution in [-0.2, 0) is 4.79 Å². The average Bonchev–Trinajstić information content (AvgIpc) is 2.39. The number of benzene rings is 1. The number of aryl methyl sites for hydroxylation is 1. The summed E-state index contributed by atoms with van der Waals surface area (Å²) in [5, 5.41) is 3.08. The molecule has 3 N–H and O–H groups in total. The van der Waals surface area contributed by atoms with E-state index in [-0.39, 0.29) is 5.91 Å². The van der Waals surface area contributed by atoms with Crippen LogP contribution in [0.1, 0.15) is 51.2 Å². The van der Waals surface area contributed by atoms with Crippen LogP contribution in [0, 0.1) is 12.3 Å². The van der Waals surface area contributed by atoms with Gasteiger partial charge in [0.05, 0.1) is 5.41 Å². The lowest BCUT2D eigenvalue weighted by molar-refractivity contribution is -0.124. The molecule has 0 bridgehead atoms. The van der Waals surface area contributed by atoms with Crippen molar-refractivity contribution in [3.63, 3.8) is 0 Å². The van der Waals surface area contributed by atoms with Crippen molar-refractivity contribution in [2.75, 3.05) is 11.9 Å². The smallest absolute Gasteiger partial charge is 0.231 e. The van der Waals surface area contributed by atoms with Crippen LogP contribution in [0.2, 0.25) is 0 Å². The third kappa shape index (κ3) is 3.35. The maximum Gasteiger partial charge on any atom is 0.231 e. The van der Waals surface area contributed by atoms with Gasteiger partial charge in [-0.1, -0.05) is 39.0 Å². The summed E-state index contributed by atoms with van der Waals surface area (Å²) in [5.74, 6) is 0.384. The van der Waals surface area contributed by atoms with E-state index in [1.165, 1.54) is 5.56 Å². The highest BCUT2D eigenvalue weighted by Gasteiger charge is 2.30. The lowest BCUT2D eigenvalue weighted by Crippen LogP contribution is -2.39. The summed E-state index contributed by atoms with van der Waals surface area (Å²) in [6.45, 7) is 10.5. The minimum absolute atomic E-state index is 0.00806. The topological polar surface area (TPSA) is 55.1 Å². The molecule has 0 spiro atoms. The van der Waals surface area contributed by atoms with Gasteiger partial charge >= 0.3 is 0 Å². The number of hydrogen-bond acceptors (Lipinski definition) is 2. The zero-order valence-corrected chi connectivity index (χ0v) is 12.7. The van der Waals surface area contributed by atoms with Crippen LogP contribution in [0.5, 0.6) is 0 Å². The molecule has 1 atom stereocenters. The van der Waals surface area contributed by atoms with Crippen LogP contribution in [-0.4, -0.2) is 12.5 Å². The number of para-hydroxylation sites is 1. The van der Waals surface area contributed by atoms with Crippen LogP contribution >= 0.6 is 0 Å². The SMILES string of the molecule is CCC(C)(CN)C(=O)Nc1c(C)cccc1C(C)C. The van der Waals surface area contributed by atoms with Crippen molar-refractivity contribution >= 4 is 11.6 Å². The zero-order valence-electron chi connectivity index (χ0n) is 12.7. The van der Waals surface area contributed by atoms with Crippen molar-refractivity contribution in [1.82, 2.24) is 0 Å². The van der Waals surface area contributed by atoms with E-state index in [0.717, 1.165) is 17.7 Å². The van der Waals surface area contributed by atoms with E-state index in [9.17, 15) is 4.79 Å². The predicted molar refractivity (Wildman–Crippen MR) is 81.4 cm³/mol. The minimum Gasteiger partial charge on any atom is -0.329 e. The molecule has 1 aromatic rings. The van der Waals surface area contributed by atoms with Gasteiger partial charge in [0.15, 0.2) is 0 Å². The highest BCUT2D eigenvalue weighted by Crippen LogP contribution is 2.30. The van der Waals surface area contributed by atoms with Crippen molar-refractivity contribution in [2.24, 2.45) is 11.1 Å². The molecule has 0 aromatic heterocycles. The Morgan fingerprint density at radius 3 is 2.53 bits per heavy atom. The van der Waals surface area contributed by atoms with Gasteiger partial charge in [0.1, 0.15) is 0 Å². The van der Waals surface area contributed by atoms with Gasteiger partial charge in [-0.3, -0.25) is 4.79 Å². The second-order valence-electron chi connectivity index (χ2n) is 5.77. The number of anilines is 1. The highest BCUT2D eigenvalue weighted by molar-refractivity contribution is 5.96. The molecule has 3 nitrogen and oxygen atoms in total. The fourth-order valence-electron chi connectivity index (χ4n) is 2.00. The summed E-state index contributed by atoms with van der Waals surface area (Å²) < 4.78 is 0. The molecule has 106 valence electrons. The van der Waals surface area contributed by atoms with Crippen LogP contribution in [0.3, 0.4) is 0 Å². The molecule has 0 aliphatic heterocycles. The number of carbonyl (C=O) groups excluding carboxylic acids is 1. The fourth-order valence-corrected chi connectivity index (χ4v) is 2.00. The van der Waals surface area contributed by atoms with Crippen molar-refractivity contribution in [3.05, 3.63) is 29.3 Å². The average molecular weight is 262 g/mol. The van der Waals surface area contributed by atoms with Gasteiger partial charge in [-0.15, -0.1) is 0 Å². The first kappa shape index (κ1) is 15.7. The lowest BCUT2D eigenvalue weighted by atomic mass is 9.86. The molecule has 0 radical (unpaired) electrons. The standard InChI is InChI=1S/C16H26N2O/c1-6-16(5,10-17)15(19)18-14-12(4)8-7-9-13(14)11(2)3/h7-9,11H,6,10,17H2,1-5H3,(H,18,19). The van der Waals surface area contributed by atoms with Crippen molar-refractivity contribution in [2.45, 2.75) is 47.0 Å². The monoisotopic (exact) mass is 262 g/mol. The first-order valence-corrected chi connectivity index (χ1v) is 6.96. The summed E-state index contributed by atoms with van der Waals surface area (Å²) in [4.78, 5) is 12.4. The van der Waals surface area contributed by atoms with Crippen molar-refractivity contribution in [1.29, 1.82) is 0 Å². The second-order valence-corrected chi connectivity index (χ2v) is 5.77. The van der Waals surface area contributed by atoms with E-state index in [1.807, 2.05) is 32.9 Å². The molecular weight excluding hydrogens is 236 g/mol. The Kier molecular flexibility index (Phi) is 5.12. The normalized spacial score (nSPS) is 14.3. The maximum absolute atomic E-state index is 12.4. The molecule has 3 heteroatoms. The molecule has 0 aliphatic rings. The Morgan fingerprint density at radius 1 is 1.42 bits per heavy atom. The molecule has 0 aliphatic carbocycles. The van der Waals surface area contributed by atoms with Gasteiger partial charge in [0, 0.05) is 12.2 Å². The number of hydrogen-bond donors (Lipinski definition) is 2. The fraction of sp³-hybridized carbons (Fsp3) is 0.562. The molecule has 1 rings (SSSR count). The van der Waals surface area contributed by atoms with E-state index in [2.05, 4.69) is 25.2 Å². The first-order valence-electron chi connectivity index (χ1n) is 6.96. The van der Waals surface area contributed by atoms with Gasteiger partial charge in [-0.25, -0.2) is 0 Å². The molecule has 0 heterocycles. The molecule has 1 unspecified atom stereocenters. The summed E-state index contributed by atoms with van der Waals surface area (Å²) in [6, 6.07) is 6.12. The van der Waals surface area contributed by atoms with Gasteiger partial charge < -0.3 is 11.1 Å². The Morgan fingerprint density at radius 2 is 2.05 bits per heavy atom. The maximum atomic E-state index is 12.4. The number of nitrogens with one attached hydrogen (secondary N) is 1. The molecule has 1 amide bonds. The second kappa shape index (κ2) is 6.20. The molecule has 0 saturated carbocycles. The van der Waals surface area contributed by atoms with Gasteiger partial charge in [0.25, 0.3) is 0 Å². The van der Waals surface area contributed by atoms with Crippen molar-refractivity contribution in [3.8, 4) is 0 Å². The van der Waals surface area contributed by atoms with E-state index in [4.69, 9.17) is 5.73 Å². The van der Waals surface area contributed by atoms with Crippen LogP contribution in [0.15, 0.2) is 18.2 Å². The van der Waals surface area contributed by atoms with Gasteiger partial charge in [-0.2, -0.15) is 0 Å². The van der Waals surface area contributed by atoms with E-state index in [0.29, 0.717) is 12.5 Å². The van der Waals surface area contributed by atoms with E-state index >= 15 is 0 Å². The van der Waals surface area contributed by atoms with Crippen molar-refractivity contribution < 1.29 is 4.79 Å². The largest absolute Gasteiger partial charge is 0.329 e. The number of carbonyl (C=O) groups is 1. The molecule has 19 heavy (non-hydrogen) atoms. The van der Waals surface area contributed by atoms with Crippen LogP contribution in [0.4, 0.5) is 5.69 Å². The molecular formula is C16H26N2O. The predicted octanol–water partition coefficient (Wildman–Crippen LogP) is 3.43. The molecule has 0 fully saturated rings. The summed E-state index contributed by atoms with van der Waals surface area (Å²) in [5.41, 5.74) is 8.45. The first-order chi connectivity index (χ1) is 8.85. The Balaban J connectivity index is 3.09. The van der Waals surface area contributed by atoms with E-state index < -0.39 is 5.41 Å². The number of nitrogens with two attached hydrogens (primary N) is 1. The van der Waals surface area contributed by atoms with Gasteiger partial charge in [-0.05, 0) is 37.3 Å². The number of amides is 1. The zero-order chi connectivity index (χ0) is 14.6. The molecule has 0 saturated heterocycles. The van der Waals surface area contributed by atoms with Crippen LogP contribution < -0.4 is 11.1 Å². The number of rotatable bonds is 5. The van der Waals surface area contributed by atoms with Gasteiger partial charge in [0.2, 0.25) is 5.91 Å².